The third kappa shape index (κ3) is 3.12. The number of halogens is 1. The lowest BCUT2D eigenvalue weighted by molar-refractivity contribution is 0.102. The second-order valence-corrected chi connectivity index (χ2v) is 5.72. The first-order valence-corrected chi connectivity index (χ1v) is 7.56. The average molecular weight is 324 g/mol. The molecular formula is C19H17FN2O2. The summed E-state index contributed by atoms with van der Waals surface area (Å²) in [5.74, 6) is -0.646. The number of amides is 1. The minimum absolute atomic E-state index is 0.0920. The van der Waals surface area contributed by atoms with Gasteiger partial charge in [-0.15, -0.1) is 0 Å². The van der Waals surface area contributed by atoms with Gasteiger partial charge in [0.25, 0.3) is 5.91 Å². The van der Waals surface area contributed by atoms with Crippen LogP contribution >= 0.6 is 0 Å². The van der Waals surface area contributed by atoms with E-state index < -0.39 is 0 Å². The topological polar surface area (TPSA) is 62.2 Å². The van der Waals surface area contributed by atoms with Crippen molar-refractivity contribution in [3.05, 3.63) is 70.7 Å². The van der Waals surface area contributed by atoms with Crippen LogP contribution < -0.4 is 5.32 Å². The molecule has 0 aliphatic rings. The van der Waals surface area contributed by atoms with Gasteiger partial charge < -0.3 is 10.4 Å². The fourth-order valence-corrected chi connectivity index (χ4v) is 2.56. The van der Waals surface area contributed by atoms with Gasteiger partial charge in [-0.1, -0.05) is 12.1 Å². The van der Waals surface area contributed by atoms with E-state index in [4.69, 9.17) is 0 Å². The number of carbonyl (C=O) groups is 1. The van der Waals surface area contributed by atoms with Crippen molar-refractivity contribution in [2.24, 2.45) is 0 Å². The predicted octanol–water partition coefficient (Wildman–Crippen LogP) is 3.74. The van der Waals surface area contributed by atoms with Crippen molar-refractivity contribution < 1.29 is 14.3 Å². The summed E-state index contributed by atoms with van der Waals surface area (Å²) in [5.41, 5.74) is 3.74. The molecule has 0 aliphatic carbocycles. The normalized spacial score (nSPS) is 10.8. The number of aliphatic hydroxyl groups excluding tert-OH is 1. The average Bonchev–Trinajstić information content (AvgIpc) is 2.56. The zero-order chi connectivity index (χ0) is 17.3. The molecule has 0 saturated heterocycles. The maximum absolute atomic E-state index is 13.3. The highest BCUT2D eigenvalue weighted by molar-refractivity contribution is 6.07. The van der Waals surface area contributed by atoms with Crippen LogP contribution in [0.2, 0.25) is 0 Å². The molecular weight excluding hydrogens is 307 g/mol. The summed E-state index contributed by atoms with van der Waals surface area (Å²) < 4.78 is 13.3. The summed E-state index contributed by atoms with van der Waals surface area (Å²) in [6, 6.07) is 11.4. The van der Waals surface area contributed by atoms with Gasteiger partial charge in [0.1, 0.15) is 5.82 Å². The molecule has 24 heavy (non-hydrogen) atoms. The van der Waals surface area contributed by atoms with Crippen LogP contribution in [-0.2, 0) is 6.61 Å². The van der Waals surface area contributed by atoms with Gasteiger partial charge in [-0.05, 0) is 49.2 Å². The lowest BCUT2D eigenvalue weighted by atomic mass is 10.1. The third-order valence-corrected chi connectivity index (χ3v) is 3.95. The van der Waals surface area contributed by atoms with Crippen LogP contribution in [0, 0.1) is 19.7 Å². The van der Waals surface area contributed by atoms with E-state index in [-0.39, 0.29) is 18.3 Å². The first-order chi connectivity index (χ1) is 11.5. The standard InChI is InChI=1S/C19H17FN2O2/c1-11-3-4-13(10-23)7-17(11)22-19(24)16-8-14-5-6-15(20)9-18(14)21-12(16)2/h3-9,23H,10H2,1-2H3,(H,22,24). The molecule has 4 nitrogen and oxygen atoms in total. The predicted molar refractivity (Wildman–Crippen MR) is 91.5 cm³/mol. The number of aryl methyl sites for hydroxylation is 2. The van der Waals surface area contributed by atoms with Crippen LogP contribution in [0.4, 0.5) is 10.1 Å². The van der Waals surface area contributed by atoms with Crippen molar-refractivity contribution in [2.75, 3.05) is 5.32 Å². The van der Waals surface area contributed by atoms with Gasteiger partial charge in [-0.2, -0.15) is 0 Å². The zero-order valence-electron chi connectivity index (χ0n) is 13.4. The lowest BCUT2D eigenvalue weighted by Gasteiger charge is -2.12. The maximum Gasteiger partial charge on any atom is 0.257 e. The van der Waals surface area contributed by atoms with Gasteiger partial charge in [0, 0.05) is 17.1 Å². The number of rotatable bonds is 3. The van der Waals surface area contributed by atoms with Crippen LogP contribution in [0.15, 0.2) is 42.5 Å². The Balaban J connectivity index is 1.97. The number of aromatic nitrogens is 1. The molecule has 122 valence electrons. The Morgan fingerprint density at radius 1 is 1.17 bits per heavy atom. The summed E-state index contributed by atoms with van der Waals surface area (Å²) in [6.07, 6.45) is 0. The van der Waals surface area contributed by atoms with Crippen molar-refractivity contribution in [2.45, 2.75) is 20.5 Å². The monoisotopic (exact) mass is 324 g/mol. The number of nitrogens with zero attached hydrogens (tertiary/aromatic N) is 1. The summed E-state index contributed by atoms with van der Waals surface area (Å²) in [4.78, 5) is 16.9. The van der Waals surface area contributed by atoms with Crippen molar-refractivity contribution in [1.29, 1.82) is 0 Å². The molecule has 0 fully saturated rings. The van der Waals surface area contributed by atoms with Crippen LogP contribution in [0.3, 0.4) is 0 Å². The Morgan fingerprint density at radius 3 is 2.71 bits per heavy atom. The Morgan fingerprint density at radius 2 is 1.96 bits per heavy atom. The number of pyridine rings is 1. The molecule has 1 amide bonds. The number of aliphatic hydroxyl groups is 1. The summed E-state index contributed by atoms with van der Waals surface area (Å²) in [6.45, 7) is 3.51. The van der Waals surface area contributed by atoms with Gasteiger partial charge in [0.2, 0.25) is 0 Å². The van der Waals surface area contributed by atoms with Crippen molar-refractivity contribution >= 4 is 22.5 Å². The molecule has 0 unspecified atom stereocenters. The second-order valence-electron chi connectivity index (χ2n) is 5.72. The number of nitrogens with one attached hydrogen (secondary N) is 1. The maximum atomic E-state index is 13.3. The highest BCUT2D eigenvalue weighted by Crippen LogP contribution is 2.21. The van der Waals surface area contributed by atoms with Crippen molar-refractivity contribution in [3.8, 4) is 0 Å². The Hall–Kier alpha value is -2.79. The number of anilines is 1. The molecule has 0 aliphatic heterocycles. The smallest absolute Gasteiger partial charge is 0.257 e. The largest absolute Gasteiger partial charge is 0.392 e. The molecule has 5 heteroatoms. The molecule has 3 aromatic rings. The van der Waals surface area contributed by atoms with E-state index in [2.05, 4.69) is 10.3 Å². The highest BCUT2D eigenvalue weighted by Gasteiger charge is 2.13. The van der Waals surface area contributed by atoms with E-state index in [1.54, 1.807) is 25.1 Å². The summed E-state index contributed by atoms with van der Waals surface area (Å²) in [5, 5.41) is 12.8. The molecule has 2 N–H and O–H groups in total. The van der Waals surface area contributed by atoms with Crippen LogP contribution in [0.25, 0.3) is 10.9 Å². The SMILES string of the molecule is Cc1ccc(CO)cc1NC(=O)c1cc2ccc(F)cc2nc1C. The Kier molecular flexibility index (Phi) is 4.27. The first-order valence-electron chi connectivity index (χ1n) is 7.56. The van der Waals surface area contributed by atoms with Crippen molar-refractivity contribution in [1.82, 2.24) is 4.98 Å². The molecule has 0 spiro atoms. The molecule has 1 heterocycles. The second kappa shape index (κ2) is 6.37. The highest BCUT2D eigenvalue weighted by atomic mass is 19.1. The number of hydrogen-bond donors (Lipinski definition) is 2. The van der Waals surface area contributed by atoms with E-state index in [1.807, 2.05) is 19.1 Å². The molecule has 3 rings (SSSR count). The van der Waals surface area contributed by atoms with E-state index in [9.17, 15) is 14.3 Å². The molecule has 1 aromatic heterocycles. The zero-order valence-corrected chi connectivity index (χ0v) is 13.4. The summed E-state index contributed by atoms with van der Waals surface area (Å²) >= 11 is 0. The lowest BCUT2D eigenvalue weighted by Crippen LogP contribution is -2.15. The fourth-order valence-electron chi connectivity index (χ4n) is 2.56. The minimum atomic E-state index is -0.358. The fraction of sp³-hybridized carbons (Fsp3) is 0.158. The van der Waals surface area contributed by atoms with Crippen LogP contribution in [-0.4, -0.2) is 16.0 Å². The molecule has 2 aromatic carbocycles. The molecule has 0 bridgehead atoms. The van der Waals surface area contributed by atoms with Gasteiger partial charge >= 0.3 is 0 Å². The van der Waals surface area contributed by atoms with E-state index in [0.29, 0.717) is 27.8 Å². The van der Waals surface area contributed by atoms with Gasteiger partial charge in [0.05, 0.1) is 23.4 Å². The number of hydrogen-bond acceptors (Lipinski definition) is 3. The molecule has 0 radical (unpaired) electrons. The third-order valence-electron chi connectivity index (χ3n) is 3.95. The first kappa shape index (κ1) is 16.1. The van der Waals surface area contributed by atoms with Crippen molar-refractivity contribution in [3.63, 3.8) is 0 Å². The van der Waals surface area contributed by atoms with Crippen LogP contribution in [0.1, 0.15) is 27.2 Å². The van der Waals surface area contributed by atoms with E-state index >= 15 is 0 Å². The molecule has 0 saturated carbocycles. The number of benzene rings is 2. The number of fused-ring (bicyclic) bond motifs is 1. The van der Waals surface area contributed by atoms with Gasteiger partial charge in [-0.25, -0.2) is 4.39 Å². The van der Waals surface area contributed by atoms with Gasteiger partial charge in [-0.3, -0.25) is 9.78 Å². The Bertz CT molecular complexity index is 938. The van der Waals surface area contributed by atoms with E-state index in [0.717, 1.165) is 11.1 Å². The number of carbonyl (C=O) groups excluding carboxylic acids is 1. The van der Waals surface area contributed by atoms with Gasteiger partial charge in [0.15, 0.2) is 0 Å². The quantitative estimate of drug-likeness (QED) is 0.771. The minimum Gasteiger partial charge on any atom is -0.392 e. The summed E-state index contributed by atoms with van der Waals surface area (Å²) in [7, 11) is 0. The Labute approximate surface area is 139 Å². The molecule has 0 atom stereocenters. The van der Waals surface area contributed by atoms with E-state index in [1.165, 1.54) is 12.1 Å². The van der Waals surface area contributed by atoms with Crippen LogP contribution in [0.5, 0.6) is 0 Å².